The van der Waals surface area contributed by atoms with Crippen LogP contribution in [0.15, 0.2) is 23.6 Å². The van der Waals surface area contributed by atoms with Crippen LogP contribution < -0.4 is 10.1 Å². The molecule has 0 aromatic carbocycles. The summed E-state index contributed by atoms with van der Waals surface area (Å²) in [6.07, 6.45) is 7.01. The van der Waals surface area contributed by atoms with E-state index in [1.807, 2.05) is 0 Å². The number of hydrogen-bond acceptors (Lipinski definition) is 6. The van der Waals surface area contributed by atoms with Crippen LogP contribution in [0.25, 0.3) is 0 Å². The van der Waals surface area contributed by atoms with Crippen molar-refractivity contribution >= 4 is 17.5 Å². The van der Waals surface area contributed by atoms with E-state index in [4.69, 9.17) is 9.57 Å². The second-order valence-corrected chi connectivity index (χ2v) is 7.10. The highest BCUT2D eigenvalue weighted by Crippen LogP contribution is 2.35. The van der Waals surface area contributed by atoms with Crippen molar-refractivity contribution in [2.24, 2.45) is 5.16 Å². The Balaban J connectivity index is 1.36. The standard InChI is InChI=1S/C18H22N4O4/c1-25-15-11-19-7-4-13(15)17(24)22-8-5-18(6-9-22)10-14(21-26-18)16(23)20-12-2-3-12/h4,7,11-12H,2-3,5-6,8-10H2,1H3,(H,20,23). The molecule has 138 valence electrons. The summed E-state index contributed by atoms with van der Waals surface area (Å²) in [5.41, 5.74) is 0.508. The molecule has 0 atom stereocenters. The minimum Gasteiger partial charge on any atom is -0.494 e. The van der Waals surface area contributed by atoms with Crippen molar-refractivity contribution in [2.75, 3.05) is 20.2 Å². The number of hydrogen-bond donors (Lipinski definition) is 1. The van der Waals surface area contributed by atoms with E-state index in [-0.39, 0.29) is 11.8 Å². The van der Waals surface area contributed by atoms with Crippen LogP contribution in [0.5, 0.6) is 5.75 Å². The number of aromatic nitrogens is 1. The molecule has 1 N–H and O–H groups in total. The Kier molecular flexibility index (Phi) is 4.26. The predicted octanol–water partition coefficient (Wildman–Crippen LogP) is 1.12. The molecule has 1 saturated carbocycles. The molecule has 1 saturated heterocycles. The fourth-order valence-corrected chi connectivity index (χ4v) is 3.41. The zero-order valence-electron chi connectivity index (χ0n) is 14.7. The Morgan fingerprint density at radius 3 is 2.81 bits per heavy atom. The summed E-state index contributed by atoms with van der Waals surface area (Å²) < 4.78 is 5.23. The summed E-state index contributed by atoms with van der Waals surface area (Å²) in [5.74, 6) is 0.270. The Bertz CT molecular complexity index is 751. The molecule has 1 spiro atoms. The van der Waals surface area contributed by atoms with Gasteiger partial charge in [-0.25, -0.2) is 0 Å². The zero-order valence-corrected chi connectivity index (χ0v) is 14.7. The normalized spacial score (nSPS) is 21.1. The van der Waals surface area contributed by atoms with E-state index in [0.717, 1.165) is 12.8 Å². The summed E-state index contributed by atoms with van der Waals surface area (Å²) in [4.78, 5) is 36.3. The van der Waals surface area contributed by atoms with Crippen molar-refractivity contribution < 1.29 is 19.2 Å². The molecule has 2 fully saturated rings. The second kappa shape index (κ2) is 6.59. The number of carbonyl (C=O) groups is 2. The first-order valence-electron chi connectivity index (χ1n) is 8.93. The van der Waals surface area contributed by atoms with Gasteiger partial charge in [-0.05, 0) is 18.9 Å². The molecule has 2 aliphatic heterocycles. The van der Waals surface area contributed by atoms with E-state index in [0.29, 0.717) is 55.4 Å². The predicted molar refractivity (Wildman–Crippen MR) is 93.0 cm³/mol. The van der Waals surface area contributed by atoms with Gasteiger partial charge in [0.25, 0.3) is 11.8 Å². The summed E-state index contributed by atoms with van der Waals surface area (Å²) in [6.45, 7) is 1.11. The first kappa shape index (κ1) is 16.8. The smallest absolute Gasteiger partial charge is 0.269 e. The van der Waals surface area contributed by atoms with Crippen LogP contribution in [0.4, 0.5) is 0 Å². The van der Waals surface area contributed by atoms with Crippen LogP contribution in [0.3, 0.4) is 0 Å². The van der Waals surface area contributed by atoms with Crippen LogP contribution in [0, 0.1) is 0 Å². The van der Waals surface area contributed by atoms with Crippen LogP contribution in [0.1, 0.15) is 42.5 Å². The topological polar surface area (TPSA) is 93.1 Å². The molecule has 1 aromatic heterocycles. The minimum atomic E-state index is -0.463. The Morgan fingerprint density at radius 2 is 2.12 bits per heavy atom. The third kappa shape index (κ3) is 3.23. The fourth-order valence-electron chi connectivity index (χ4n) is 3.41. The Labute approximate surface area is 151 Å². The summed E-state index contributed by atoms with van der Waals surface area (Å²) in [7, 11) is 1.52. The average molecular weight is 358 g/mol. The van der Waals surface area contributed by atoms with Crippen molar-refractivity contribution in [3.8, 4) is 5.75 Å². The van der Waals surface area contributed by atoms with Crippen molar-refractivity contribution in [1.82, 2.24) is 15.2 Å². The van der Waals surface area contributed by atoms with Gasteiger partial charge in [-0.15, -0.1) is 0 Å². The maximum Gasteiger partial charge on any atom is 0.269 e. The number of piperidine rings is 1. The van der Waals surface area contributed by atoms with E-state index in [1.54, 1.807) is 17.2 Å². The molecule has 4 rings (SSSR count). The lowest BCUT2D eigenvalue weighted by molar-refractivity contribution is -0.115. The summed E-state index contributed by atoms with van der Waals surface area (Å²) in [6, 6.07) is 1.97. The van der Waals surface area contributed by atoms with Crippen LogP contribution in [0.2, 0.25) is 0 Å². The van der Waals surface area contributed by atoms with E-state index in [9.17, 15) is 9.59 Å². The molecule has 8 nitrogen and oxygen atoms in total. The van der Waals surface area contributed by atoms with Gasteiger partial charge in [0, 0.05) is 44.6 Å². The van der Waals surface area contributed by atoms with Gasteiger partial charge < -0.3 is 19.8 Å². The molecule has 2 amide bonds. The van der Waals surface area contributed by atoms with Gasteiger partial charge >= 0.3 is 0 Å². The number of oxime groups is 1. The van der Waals surface area contributed by atoms with Gasteiger partial charge in [0.15, 0.2) is 0 Å². The number of rotatable bonds is 4. The molecule has 8 heteroatoms. The lowest BCUT2D eigenvalue weighted by atomic mass is 9.86. The maximum atomic E-state index is 12.8. The van der Waals surface area contributed by atoms with Crippen LogP contribution in [-0.4, -0.2) is 59.3 Å². The first-order chi connectivity index (χ1) is 12.6. The number of methoxy groups -OCH3 is 1. The Morgan fingerprint density at radius 1 is 1.35 bits per heavy atom. The number of likely N-dealkylation sites (tertiary alicyclic amines) is 1. The quantitative estimate of drug-likeness (QED) is 0.871. The molecule has 3 heterocycles. The molecule has 26 heavy (non-hydrogen) atoms. The van der Waals surface area contributed by atoms with E-state index < -0.39 is 5.60 Å². The molecule has 0 bridgehead atoms. The second-order valence-electron chi connectivity index (χ2n) is 7.10. The molecular weight excluding hydrogens is 336 g/mol. The molecule has 1 aliphatic carbocycles. The maximum absolute atomic E-state index is 12.8. The third-order valence-corrected chi connectivity index (χ3v) is 5.21. The average Bonchev–Trinajstić information content (AvgIpc) is 3.40. The van der Waals surface area contributed by atoms with Crippen LogP contribution in [-0.2, 0) is 9.63 Å². The minimum absolute atomic E-state index is 0.0790. The molecular formula is C18H22N4O4. The highest BCUT2D eigenvalue weighted by molar-refractivity contribution is 6.39. The number of nitrogens with zero attached hydrogens (tertiary/aromatic N) is 3. The lowest BCUT2D eigenvalue weighted by Gasteiger charge is -2.37. The van der Waals surface area contributed by atoms with E-state index >= 15 is 0 Å². The summed E-state index contributed by atoms with van der Waals surface area (Å²) in [5, 5.41) is 6.97. The Hall–Kier alpha value is -2.64. The monoisotopic (exact) mass is 358 g/mol. The van der Waals surface area contributed by atoms with Gasteiger partial charge in [-0.1, -0.05) is 5.16 Å². The van der Waals surface area contributed by atoms with E-state index in [1.165, 1.54) is 13.3 Å². The largest absolute Gasteiger partial charge is 0.494 e. The molecule has 3 aliphatic rings. The highest BCUT2D eigenvalue weighted by Gasteiger charge is 2.45. The van der Waals surface area contributed by atoms with Gasteiger partial charge in [-0.2, -0.15) is 0 Å². The van der Waals surface area contributed by atoms with E-state index in [2.05, 4.69) is 15.5 Å². The van der Waals surface area contributed by atoms with Crippen molar-refractivity contribution in [2.45, 2.75) is 43.7 Å². The lowest BCUT2D eigenvalue weighted by Crippen LogP contribution is -2.47. The van der Waals surface area contributed by atoms with Gasteiger partial charge in [0.2, 0.25) is 0 Å². The van der Waals surface area contributed by atoms with Crippen molar-refractivity contribution in [1.29, 1.82) is 0 Å². The molecule has 0 radical (unpaired) electrons. The number of carbonyl (C=O) groups excluding carboxylic acids is 2. The highest BCUT2D eigenvalue weighted by atomic mass is 16.7. The summed E-state index contributed by atoms with van der Waals surface area (Å²) >= 11 is 0. The molecule has 0 unspecified atom stereocenters. The van der Waals surface area contributed by atoms with Crippen molar-refractivity contribution in [3.05, 3.63) is 24.0 Å². The first-order valence-corrected chi connectivity index (χ1v) is 8.93. The third-order valence-electron chi connectivity index (χ3n) is 5.21. The van der Waals surface area contributed by atoms with Crippen LogP contribution >= 0.6 is 0 Å². The van der Waals surface area contributed by atoms with Gasteiger partial charge in [-0.3, -0.25) is 14.6 Å². The zero-order chi connectivity index (χ0) is 18.1. The number of ether oxygens (including phenoxy) is 1. The fraction of sp³-hybridized carbons (Fsp3) is 0.556. The molecule has 1 aromatic rings. The van der Waals surface area contributed by atoms with Gasteiger partial charge in [0.1, 0.15) is 17.1 Å². The number of pyridine rings is 1. The van der Waals surface area contributed by atoms with Crippen molar-refractivity contribution in [3.63, 3.8) is 0 Å². The SMILES string of the molecule is COc1cnccc1C(=O)N1CCC2(CC1)CC(C(=O)NC1CC1)=NO2. The number of amides is 2. The number of nitrogens with one attached hydrogen (secondary N) is 1. The van der Waals surface area contributed by atoms with Gasteiger partial charge in [0.05, 0.1) is 18.9 Å².